The number of hydrogen-bond donors (Lipinski definition) is 0. The second-order valence-electron chi connectivity index (χ2n) is 7.24. The van der Waals surface area contributed by atoms with E-state index < -0.39 is 0 Å². The van der Waals surface area contributed by atoms with Gasteiger partial charge in [-0.2, -0.15) is 0 Å². The van der Waals surface area contributed by atoms with Crippen LogP contribution in [0.2, 0.25) is 0 Å². The van der Waals surface area contributed by atoms with Crippen molar-refractivity contribution in [3.05, 3.63) is 92.4 Å². The number of carbonyl (C=O) groups is 2. The lowest BCUT2D eigenvalue weighted by molar-refractivity contribution is 0.0650. The SMILES string of the molecule is CC(CCN1C(=O)c2ccccc2C1=O)c1ccc(-c2ccc(Br)cc2Br)cc1. The van der Waals surface area contributed by atoms with E-state index in [0.717, 1.165) is 26.5 Å². The molecule has 1 unspecified atom stereocenters. The lowest BCUT2D eigenvalue weighted by Crippen LogP contribution is -2.31. The molecule has 1 aliphatic heterocycles. The average Bonchev–Trinajstić information content (AvgIpc) is 2.97. The van der Waals surface area contributed by atoms with Crippen LogP contribution in [0.4, 0.5) is 0 Å². The molecule has 146 valence electrons. The molecule has 3 aromatic rings. The molecule has 0 aromatic heterocycles. The van der Waals surface area contributed by atoms with Gasteiger partial charge < -0.3 is 0 Å². The van der Waals surface area contributed by atoms with E-state index in [2.05, 4.69) is 69.1 Å². The molecule has 4 rings (SSSR count). The molecule has 0 aliphatic carbocycles. The van der Waals surface area contributed by atoms with E-state index in [0.29, 0.717) is 17.7 Å². The highest BCUT2D eigenvalue weighted by Gasteiger charge is 2.34. The molecule has 1 aliphatic rings. The predicted octanol–water partition coefficient (Wildman–Crippen LogP) is 6.67. The van der Waals surface area contributed by atoms with Gasteiger partial charge >= 0.3 is 0 Å². The van der Waals surface area contributed by atoms with Crippen LogP contribution in [0.1, 0.15) is 45.5 Å². The first-order valence-corrected chi connectivity index (χ1v) is 11.0. The zero-order valence-corrected chi connectivity index (χ0v) is 19.0. The maximum atomic E-state index is 12.5. The summed E-state index contributed by atoms with van der Waals surface area (Å²) in [5.41, 5.74) is 4.49. The zero-order chi connectivity index (χ0) is 20.5. The van der Waals surface area contributed by atoms with E-state index in [1.807, 2.05) is 12.1 Å². The Balaban J connectivity index is 1.44. The Kier molecular flexibility index (Phi) is 5.70. The number of carbonyl (C=O) groups excluding carboxylic acids is 2. The van der Waals surface area contributed by atoms with Gasteiger partial charge in [-0.15, -0.1) is 0 Å². The minimum atomic E-state index is -0.187. The van der Waals surface area contributed by atoms with Gasteiger partial charge in [-0.1, -0.05) is 81.2 Å². The fraction of sp³-hybridized carbons (Fsp3) is 0.167. The number of amides is 2. The van der Waals surface area contributed by atoms with E-state index in [-0.39, 0.29) is 17.7 Å². The molecule has 0 fully saturated rings. The lowest BCUT2D eigenvalue weighted by Gasteiger charge is -2.18. The minimum Gasteiger partial charge on any atom is -0.274 e. The monoisotopic (exact) mass is 511 g/mol. The van der Waals surface area contributed by atoms with Crippen LogP contribution in [0.5, 0.6) is 0 Å². The van der Waals surface area contributed by atoms with Crippen molar-refractivity contribution in [2.75, 3.05) is 6.54 Å². The number of hydrogen-bond acceptors (Lipinski definition) is 2. The topological polar surface area (TPSA) is 37.4 Å². The highest BCUT2D eigenvalue weighted by Crippen LogP contribution is 2.32. The second kappa shape index (κ2) is 8.25. The average molecular weight is 513 g/mol. The van der Waals surface area contributed by atoms with E-state index in [9.17, 15) is 9.59 Å². The smallest absolute Gasteiger partial charge is 0.261 e. The van der Waals surface area contributed by atoms with E-state index in [1.165, 1.54) is 10.5 Å². The molecule has 0 bridgehead atoms. The number of fused-ring (bicyclic) bond motifs is 1. The Hall–Kier alpha value is -2.24. The third-order valence-corrected chi connectivity index (χ3v) is 6.54. The van der Waals surface area contributed by atoms with Crippen LogP contribution in [0.25, 0.3) is 11.1 Å². The number of halogens is 2. The Morgan fingerprint density at radius 2 is 1.45 bits per heavy atom. The lowest BCUT2D eigenvalue weighted by atomic mass is 9.95. The van der Waals surface area contributed by atoms with Crippen LogP contribution in [0, 0.1) is 0 Å². The number of imide groups is 1. The first-order valence-electron chi connectivity index (χ1n) is 9.46. The zero-order valence-electron chi connectivity index (χ0n) is 15.9. The van der Waals surface area contributed by atoms with Crippen molar-refractivity contribution in [1.82, 2.24) is 4.90 Å². The third-order valence-electron chi connectivity index (χ3n) is 5.39. The Morgan fingerprint density at radius 3 is 2.03 bits per heavy atom. The maximum absolute atomic E-state index is 12.5. The Morgan fingerprint density at radius 1 is 0.828 bits per heavy atom. The van der Waals surface area contributed by atoms with Crippen molar-refractivity contribution in [3.8, 4) is 11.1 Å². The largest absolute Gasteiger partial charge is 0.274 e. The number of benzene rings is 3. The minimum absolute atomic E-state index is 0.187. The van der Waals surface area contributed by atoms with Crippen LogP contribution in [0.3, 0.4) is 0 Å². The summed E-state index contributed by atoms with van der Waals surface area (Å²) >= 11 is 7.10. The summed E-state index contributed by atoms with van der Waals surface area (Å²) in [5, 5.41) is 0. The molecule has 0 radical (unpaired) electrons. The molecule has 0 spiro atoms. The fourth-order valence-corrected chi connectivity index (χ4v) is 4.92. The molecule has 5 heteroatoms. The molecule has 0 N–H and O–H groups in total. The second-order valence-corrected chi connectivity index (χ2v) is 9.01. The quantitative estimate of drug-likeness (QED) is 0.358. The van der Waals surface area contributed by atoms with Gasteiger partial charge in [-0.25, -0.2) is 0 Å². The predicted molar refractivity (Wildman–Crippen MR) is 122 cm³/mol. The van der Waals surface area contributed by atoms with Crippen molar-refractivity contribution in [3.63, 3.8) is 0 Å². The van der Waals surface area contributed by atoms with Crippen LogP contribution >= 0.6 is 31.9 Å². The summed E-state index contributed by atoms with van der Waals surface area (Å²) in [5.74, 6) is -0.136. The summed E-state index contributed by atoms with van der Waals surface area (Å²) in [6, 6.07) is 21.6. The molecule has 1 atom stereocenters. The van der Waals surface area contributed by atoms with Gasteiger partial charge in [0, 0.05) is 15.5 Å². The molecular formula is C24H19Br2NO2. The van der Waals surface area contributed by atoms with E-state index in [1.54, 1.807) is 24.3 Å². The van der Waals surface area contributed by atoms with Crippen molar-refractivity contribution >= 4 is 43.7 Å². The van der Waals surface area contributed by atoms with Crippen molar-refractivity contribution < 1.29 is 9.59 Å². The van der Waals surface area contributed by atoms with E-state index >= 15 is 0 Å². The van der Waals surface area contributed by atoms with E-state index in [4.69, 9.17) is 0 Å². The summed E-state index contributed by atoms with van der Waals surface area (Å²) in [6.45, 7) is 2.55. The fourth-order valence-electron chi connectivity index (χ4n) is 3.65. The van der Waals surface area contributed by atoms with Crippen molar-refractivity contribution in [2.24, 2.45) is 0 Å². The van der Waals surface area contributed by atoms with Gasteiger partial charge in [0.25, 0.3) is 11.8 Å². The summed E-state index contributed by atoms with van der Waals surface area (Å²) in [7, 11) is 0. The Bertz CT molecular complexity index is 1060. The number of nitrogens with zero attached hydrogens (tertiary/aromatic N) is 1. The Labute approximate surface area is 187 Å². The van der Waals surface area contributed by atoms with Crippen molar-refractivity contribution in [2.45, 2.75) is 19.3 Å². The highest BCUT2D eigenvalue weighted by atomic mass is 79.9. The number of rotatable bonds is 5. The van der Waals surface area contributed by atoms with Crippen LogP contribution in [-0.2, 0) is 0 Å². The van der Waals surface area contributed by atoms with Gasteiger partial charge in [0.05, 0.1) is 11.1 Å². The normalized spacial score (nSPS) is 14.2. The first-order chi connectivity index (χ1) is 14.0. The molecule has 3 aromatic carbocycles. The summed E-state index contributed by atoms with van der Waals surface area (Å²) < 4.78 is 2.07. The molecule has 1 heterocycles. The molecule has 2 amide bonds. The molecular weight excluding hydrogens is 494 g/mol. The van der Waals surface area contributed by atoms with Gasteiger partial charge in [0.1, 0.15) is 0 Å². The molecule has 3 nitrogen and oxygen atoms in total. The van der Waals surface area contributed by atoms with Gasteiger partial charge in [0.2, 0.25) is 0 Å². The summed E-state index contributed by atoms with van der Waals surface area (Å²) in [6.07, 6.45) is 0.729. The summed E-state index contributed by atoms with van der Waals surface area (Å²) in [4.78, 5) is 26.4. The van der Waals surface area contributed by atoms with Crippen LogP contribution < -0.4 is 0 Å². The van der Waals surface area contributed by atoms with Crippen LogP contribution in [-0.4, -0.2) is 23.3 Å². The maximum Gasteiger partial charge on any atom is 0.261 e. The van der Waals surface area contributed by atoms with Crippen LogP contribution in [0.15, 0.2) is 75.7 Å². The third kappa shape index (κ3) is 3.94. The molecule has 0 saturated heterocycles. The van der Waals surface area contributed by atoms with Gasteiger partial charge in [-0.05, 0) is 53.3 Å². The highest BCUT2D eigenvalue weighted by molar-refractivity contribution is 9.11. The standard InChI is InChI=1S/C24H19Br2NO2/c1-15(12-13-27-23(28)20-4-2-3-5-21(20)24(27)29)16-6-8-17(9-7-16)19-11-10-18(25)14-22(19)26/h2-11,14-15H,12-13H2,1H3. The van der Waals surface area contributed by atoms with Crippen molar-refractivity contribution in [1.29, 1.82) is 0 Å². The molecule has 0 saturated carbocycles. The van der Waals surface area contributed by atoms with Gasteiger partial charge in [0.15, 0.2) is 0 Å². The molecule has 29 heavy (non-hydrogen) atoms. The van der Waals surface area contributed by atoms with Gasteiger partial charge in [-0.3, -0.25) is 14.5 Å². The first kappa shape index (κ1) is 20.0.